The molecule has 1 heterocycles. The lowest BCUT2D eigenvalue weighted by atomic mass is 10.3. The fourth-order valence-electron chi connectivity index (χ4n) is 2.13. The van der Waals surface area contributed by atoms with Gasteiger partial charge in [-0.05, 0) is 30.5 Å². The molecule has 1 aromatic heterocycles. The molecule has 0 bridgehead atoms. The number of carbonyl (C=O) groups is 1. The molecule has 0 aliphatic rings. The van der Waals surface area contributed by atoms with Crippen LogP contribution in [-0.2, 0) is 14.8 Å². The van der Waals surface area contributed by atoms with Crippen LogP contribution in [-0.4, -0.2) is 38.3 Å². The van der Waals surface area contributed by atoms with Crippen LogP contribution in [0.4, 0.5) is 5.69 Å². The smallest absolute Gasteiger partial charge is 0.253 e. The molecule has 2 aromatic rings. The third-order valence-electron chi connectivity index (χ3n) is 3.20. The van der Waals surface area contributed by atoms with Gasteiger partial charge in [-0.3, -0.25) is 4.79 Å². The predicted molar refractivity (Wildman–Crippen MR) is 99.5 cm³/mol. The molecule has 1 aromatic carbocycles. The molecule has 0 spiro atoms. The Balaban J connectivity index is 2.15. The Morgan fingerprint density at radius 1 is 1.32 bits per heavy atom. The van der Waals surface area contributed by atoms with Gasteiger partial charge in [-0.15, -0.1) is 17.9 Å². The first-order valence-corrected chi connectivity index (χ1v) is 9.97. The van der Waals surface area contributed by atoms with E-state index in [2.05, 4.69) is 11.9 Å². The van der Waals surface area contributed by atoms with Gasteiger partial charge in [0.05, 0.1) is 18.8 Å². The van der Waals surface area contributed by atoms with Gasteiger partial charge in [0, 0.05) is 6.54 Å². The number of nitrogens with zero attached hydrogens (tertiary/aromatic N) is 1. The fourth-order valence-corrected chi connectivity index (χ4v) is 4.64. The molecule has 0 aliphatic carbocycles. The maximum Gasteiger partial charge on any atom is 0.253 e. The number of anilines is 1. The second kappa shape index (κ2) is 8.80. The number of ether oxygens (including phenoxy) is 1. The van der Waals surface area contributed by atoms with Crippen molar-refractivity contribution in [1.82, 2.24) is 4.31 Å². The molecule has 6 nitrogen and oxygen atoms in total. The first-order valence-electron chi connectivity index (χ1n) is 7.65. The molecule has 0 saturated heterocycles. The Kier molecular flexibility index (Phi) is 6.74. The van der Waals surface area contributed by atoms with Crippen molar-refractivity contribution in [3.8, 4) is 5.75 Å². The quantitative estimate of drug-likeness (QED) is 0.679. The van der Waals surface area contributed by atoms with E-state index in [1.54, 1.807) is 35.7 Å². The van der Waals surface area contributed by atoms with E-state index in [4.69, 9.17) is 4.74 Å². The molecule has 1 N–H and O–H groups in total. The molecule has 1 amide bonds. The maximum absolute atomic E-state index is 12.6. The summed E-state index contributed by atoms with van der Waals surface area (Å²) in [6.07, 6.45) is 1.45. The standard InChI is InChI=1S/C17H20N2O4S2/c1-3-11-19(25(21,22)17-10-7-12-24-17)13-16(20)18-14-8-5-6-9-15(14)23-4-2/h3,5-10,12H,1,4,11,13H2,2H3,(H,18,20). The number of thiophene rings is 1. The minimum Gasteiger partial charge on any atom is -0.492 e. The van der Waals surface area contributed by atoms with Gasteiger partial charge < -0.3 is 10.1 Å². The molecule has 0 radical (unpaired) electrons. The maximum atomic E-state index is 12.6. The van der Waals surface area contributed by atoms with Crippen molar-refractivity contribution in [2.75, 3.05) is 25.0 Å². The monoisotopic (exact) mass is 380 g/mol. The van der Waals surface area contributed by atoms with E-state index in [0.29, 0.717) is 18.0 Å². The van der Waals surface area contributed by atoms with Crippen molar-refractivity contribution in [2.24, 2.45) is 0 Å². The summed E-state index contributed by atoms with van der Waals surface area (Å²) in [5.74, 6) is 0.0869. The molecule has 134 valence electrons. The Morgan fingerprint density at radius 3 is 2.72 bits per heavy atom. The van der Waals surface area contributed by atoms with Crippen LogP contribution in [0, 0.1) is 0 Å². The van der Waals surface area contributed by atoms with E-state index < -0.39 is 15.9 Å². The van der Waals surface area contributed by atoms with Crippen molar-refractivity contribution in [2.45, 2.75) is 11.1 Å². The van der Waals surface area contributed by atoms with E-state index in [9.17, 15) is 13.2 Å². The molecule has 0 unspecified atom stereocenters. The van der Waals surface area contributed by atoms with Crippen LogP contribution < -0.4 is 10.1 Å². The zero-order valence-electron chi connectivity index (χ0n) is 13.8. The highest BCUT2D eigenvalue weighted by molar-refractivity contribution is 7.91. The summed E-state index contributed by atoms with van der Waals surface area (Å²) in [6, 6.07) is 10.2. The molecule has 0 aliphatic heterocycles. The topological polar surface area (TPSA) is 75.7 Å². The summed E-state index contributed by atoms with van der Waals surface area (Å²) in [7, 11) is -3.74. The Hall–Kier alpha value is -2.16. The van der Waals surface area contributed by atoms with Crippen LogP contribution in [0.5, 0.6) is 5.75 Å². The predicted octanol–water partition coefficient (Wildman–Crippen LogP) is 2.96. The third-order valence-corrected chi connectivity index (χ3v) is 6.39. The number of hydrogen-bond acceptors (Lipinski definition) is 5. The molecular weight excluding hydrogens is 360 g/mol. The molecule has 8 heteroatoms. The number of para-hydroxylation sites is 2. The van der Waals surface area contributed by atoms with E-state index in [1.807, 2.05) is 6.92 Å². The van der Waals surface area contributed by atoms with E-state index >= 15 is 0 Å². The first kappa shape index (κ1) is 19.2. The first-order chi connectivity index (χ1) is 12.0. The number of benzene rings is 1. The second-order valence-corrected chi connectivity index (χ2v) is 8.11. The summed E-state index contributed by atoms with van der Waals surface area (Å²) in [5.41, 5.74) is 0.501. The molecular formula is C17H20N2O4S2. The average molecular weight is 380 g/mol. The van der Waals surface area contributed by atoms with Crippen LogP contribution >= 0.6 is 11.3 Å². The van der Waals surface area contributed by atoms with Crippen LogP contribution in [0.15, 0.2) is 58.6 Å². The SMILES string of the molecule is C=CCN(CC(=O)Nc1ccccc1OCC)S(=O)(=O)c1cccs1. The van der Waals surface area contributed by atoms with Gasteiger partial charge >= 0.3 is 0 Å². The summed E-state index contributed by atoms with van der Waals surface area (Å²) in [6.45, 7) is 5.61. The van der Waals surface area contributed by atoms with Crippen LogP contribution in [0.25, 0.3) is 0 Å². The second-order valence-electron chi connectivity index (χ2n) is 5.00. The number of amides is 1. The average Bonchev–Trinajstić information content (AvgIpc) is 3.12. The molecule has 2 rings (SSSR count). The Morgan fingerprint density at radius 2 is 2.08 bits per heavy atom. The number of nitrogens with one attached hydrogen (secondary N) is 1. The van der Waals surface area contributed by atoms with Gasteiger partial charge in [0.1, 0.15) is 9.96 Å². The van der Waals surface area contributed by atoms with Gasteiger partial charge in [0.2, 0.25) is 5.91 Å². The van der Waals surface area contributed by atoms with Crippen molar-refractivity contribution in [3.05, 3.63) is 54.4 Å². The summed E-state index contributed by atoms with van der Waals surface area (Å²) < 4.78 is 32.0. The number of sulfonamides is 1. The third kappa shape index (κ3) is 4.91. The minimum absolute atomic E-state index is 0.0424. The summed E-state index contributed by atoms with van der Waals surface area (Å²) >= 11 is 1.11. The normalized spacial score (nSPS) is 11.3. The molecule has 0 fully saturated rings. The molecule has 0 saturated carbocycles. The molecule has 0 atom stereocenters. The highest BCUT2D eigenvalue weighted by atomic mass is 32.2. The highest BCUT2D eigenvalue weighted by Gasteiger charge is 2.26. The van der Waals surface area contributed by atoms with Crippen molar-refractivity contribution in [1.29, 1.82) is 0 Å². The Labute approximate surface area is 151 Å². The lowest BCUT2D eigenvalue weighted by molar-refractivity contribution is -0.116. The largest absolute Gasteiger partial charge is 0.492 e. The van der Waals surface area contributed by atoms with Crippen molar-refractivity contribution < 1.29 is 17.9 Å². The van der Waals surface area contributed by atoms with Gasteiger partial charge in [-0.2, -0.15) is 4.31 Å². The van der Waals surface area contributed by atoms with Crippen molar-refractivity contribution in [3.63, 3.8) is 0 Å². The lowest BCUT2D eigenvalue weighted by Crippen LogP contribution is -2.37. The zero-order valence-corrected chi connectivity index (χ0v) is 15.5. The van der Waals surface area contributed by atoms with Crippen LogP contribution in [0.3, 0.4) is 0 Å². The summed E-state index contributed by atoms with van der Waals surface area (Å²) in [4.78, 5) is 12.4. The van der Waals surface area contributed by atoms with Gasteiger partial charge in [0.25, 0.3) is 10.0 Å². The molecule has 25 heavy (non-hydrogen) atoms. The minimum atomic E-state index is -3.74. The van der Waals surface area contributed by atoms with Crippen LogP contribution in [0.1, 0.15) is 6.92 Å². The van der Waals surface area contributed by atoms with Crippen LogP contribution in [0.2, 0.25) is 0 Å². The van der Waals surface area contributed by atoms with Gasteiger partial charge in [-0.1, -0.05) is 24.3 Å². The van der Waals surface area contributed by atoms with E-state index in [0.717, 1.165) is 15.6 Å². The lowest BCUT2D eigenvalue weighted by Gasteiger charge is -2.19. The Bertz CT molecular complexity index is 817. The van der Waals surface area contributed by atoms with Gasteiger partial charge in [0.15, 0.2) is 0 Å². The number of hydrogen-bond donors (Lipinski definition) is 1. The summed E-state index contributed by atoms with van der Waals surface area (Å²) in [5, 5.41) is 4.38. The van der Waals surface area contributed by atoms with E-state index in [1.165, 1.54) is 12.1 Å². The van der Waals surface area contributed by atoms with E-state index in [-0.39, 0.29) is 17.3 Å². The zero-order chi connectivity index (χ0) is 18.3. The number of carbonyl (C=O) groups excluding carboxylic acids is 1. The van der Waals surface area contributed by atoms with Crippen molar-refractivity contribution >= 4 is 33.0 Å². The highest BCUT2D eigenvalue weighted by Crippen LogP contribution is 2.24. The number of rotatable bonds is 9. The fraction of sp³-hybridized carbons (Fsp3) is 0.235. The van der Waals surface area contributed by atoms with Gasteiger partial charge in [-0.25, -0.2) is 8.42 Å².